The highest BCUT2D eigenvalue weighted by atomic mass is 16.5. The summed E-state index contributed by atoms with van der Waals surface area (Å²) < 4.78 is 15.5. The second kappa shape index (κ2) is 8.11. The van der Waals surface area contributed by atoms with Crippen molar-refractivity contribution >= 4 is 40.2 Å². The smallest absolute Gasteiger partial charge is 0.337 e. The average Bonchev–Trinajstić information content (AvgIpc) is 3.54. The van der Waals surface area contributed by atoms with E-state index < -0.39 is 35.4 Å². The summed E-state index contributed by atoms with van der Waals surface area (Å²) in [5.74, 6) is -3.79. The van der Waals surface area contributed by atoms with Gasteiger partial charge in [0.25, 0.3) is 5.91 Å². The van der Waals surface area contributed by atoms with Crippen molar-refractivity contribution < 1.29 is 32.9 Å². The Hall–Kier alpha value is -4.53. The van der Waals surface area contributed by atoms with Crippen LogP contribution in [0.1, 0.15) is 38.3 Å². The van der Waals surface area contributed by atoms with Crippen molar-refractivity contribution in [3.63, 3.8) is 0 Å². The molecule has 34 heavy (non-hydrogen) atoms. The molecule has 1 amide bonds. The predicted molar refractivity (Wildman–Crippen MR) is 118 cm³/mol. The number of para-hydroxylation sites is 1. The van der Waals surface area contributed by atoms with Gasteiger partial charge in [0.15, 0.2) is 11.6 Å². The number of esters is 1. The van der Waals surface area contributed by atoms with Gasteiger partial charge < -0.3 is 13.7 Å². The topological polar surface area (TPSA) is 120 Å². The number of benzene rings is 2. The molecule has 4 aromatic rings. The second-order valence-corrected chi connectivity index (χ2v) is 7.88. The molecule has 1 fully saturated rings. The number of ketones is 2. The lowest BCUT2D eigenvalue weighted by Gasteiger charge is -2.24. The molecule has 1 aliphatic heterocycles. The highest BCUT2D eigenvalue weighted by Gasteiger charge is 2.53. The van der Waals surface area contributed by atoms with E-state index in [4.69, 9.17) is 13.7 Å². The molecule has 9 nitrogen and oxygen atoms in total. The number of methoxy groups -OCH3 is 1. The zero-order valence-electron chi connectivity index (χ0n) is 18.2. The number of nitrogens with zero attached hydrogens (tertiary/aromatic N) is 2. The third-order valence-electron chi connectivity index (χ3n) is 5.79. The van der Waals surface area contributed by atoms with Gasteiger partial charge in [-0.25, -0.2) is 4.79 Å². The average molecular weight is 458 g/mol. The lowest BCUT2D eigenvalue weighted by atomic mass is 9.88. The van der Waals surface area contributed by atoms with Crippen molar-refractivity contribution in [3.05, 3.63) is 83.3 Å². The molecule has 0 spiro atoms. The van der Waals surface area contributed by atoms with Gasteiger partial charge in [-0.15, -0.1) is 0 Å². The maximum Gasteiger partial charge on any atom is 0.337 e. The minimum absolute atomic E-state index is 0.0262. The third-order valence-corrected chi connectivity index (χ3v) is 5.79. The number of furan rings is 1. The number of rotatable bonds is 5. The van der Waals surface area contributed by atoms with Gasteiger partial charge in [0, 0.05) is 11.5 Å². The highest BCUT2D eigenvalue weighted by molar-refractivity contribution is 6.48. The van der Waals surface area contributed by atoms with Crippen LogP contribution in [0.5, 0.6) is 0 Å². The summed E-state index contributed by atoms with van der Waals surface area (Å²) in [4.78, 5) is 52.8. The van der Waals surface area contributed by atoms with Crippen LogP contribution in [-0.2, 0) is 14.3 Å². The Balaban J connectivity index is 1.62. The first kappa shape index (κ1) is 21.3. The molecule has 0 aliphatic carbocycles. The van der Waals surface area contributed by atoms with Crippen LogP contribution >= 0.6 is 0 Å². The summed E-state index contributed by atoms with van der Waals surface area (Å²) in [5, 5.41) is 4.59. The molecular formula is C25H18N2O7. The largest absolute Gasteiger partial charge is 0.465 e. The minimum atomic E-state index is -1.38. The fourth-order valence-corrected chi connectivity index (χ4v) is 4.18. The van der Waals surface area contributed by atoms with Crippen molar-refractivity contribution in [1.29, 1.82) is 0 Å². The Morgan fingerprint density at radius 3 is 2.41 bits per heavy atom. The summed E-state index contributed by atoms with van der Waals surface area (Å²) in [7, 11) is 1.27. The maximum absolute atomic E-state index is 13.5. The van der Waals surface area contributed by atoms with Gasteiger partial charge in [-0.1, -0.05) is 35.5 Å². The number of aryl methyl sites for hydroxylation is 1. The number of aromatic nitrogens is 1. The molecule has 1 saturated heterocycles. The van der Waals surface area contributed by atoms with Crippen LogP contribution < -0.4 is 4.90 Å². The maximum atomic E-state index is 13.5. The van der Waals surface area contributed by atoms with E-state index in [0.717, 1.165) is 4.90 Å². The van der Waals surface area contributed by atoms with E-state index in [1.807, 2.05) is 0 Å². The lowest BCUT2D eigenvalue weighted by molar-refractivity contribution is -0.135. The minimum Gasteiger partial charge on any atom is -0.465 e. The molecule has 3 heterocycles. The number of fused-ring (bicyclic) bond motifs is 1. The SMILES string of the molecule is COC(=O)c1ccc(C2C(C(=O)c3cc4ccccc4o3)C(=O)C(=O)N2c2cc(C)on2)cc1. The van der Waals surface area contributed by atoms with Crippen molar-refractivity contribution in [2.45, 2.75) is 13.0 Å². The monoisotopic (exact) mass is 458 g/mol. The molecule has 0 N–H and O–H groups in total. The molecule has 9 heteroatoms. The zero-order chi connectivity index (χ0) is 24.0. The Morgan fingerprint density at radius 1 is 1.03 bits per heavy atom. The van der Waals surface area contributed by atoms with Crippen LogP contribution in [0.3, 0.4) is 0 Å². The molecule has 0 bridgehead atoms. The quantitative estimate of drug-likeness (QED) is 0.192. The summed E-state index contributed by atoms with van der Waals surface area (Å²) >= 11 is 0. The summed E-state index contributed by atoms with van der Waals surface area (Å²) in [6, 6.07) is 15.3. The molecule has 0 radical (unpaired) electrons. The van der Waals surface area contributed by atoms with Gasteiger partial charge in [0.05, 0.1) is 18.7 Å². The van der Waals surface area contributed by atoms with Gasteiger partial charge in [0.1, 0.15) is 17.3 Å². The Kier molecular flexibility index (Phi) is 5.09. The van der Waals surface area contributed by atoms with Crippen molar-refractivity contribution in [3.8, 4) is 0 Å². The summed E-state index contributed by atoms with van der Waals surface area (Å²) in [5.41, 5.74) is 1.23. The van der Waals surface area contributed by atoms with E-state index in [1.165, 1.54) is 25.3 Å². The second-order valence-electron chi connectivity index (χ2n) is 7.88. The number of amides is 1. The van der Waals surface area contributed by atoms with E-state index in [1.54, 1.807) is 49.4 Å². The van der Waals surface area contributed by atoms with E-state index in [-0.39, 0.29) is 17.1 Å². The number of carbonyl (C=O) groups is 4. The standard InChI is InChI=1S/C25H18N2O7/c1-13-11-19(26-34-13)27-21(14-7-9-15(10-8-14)25(31)32-2)20(23(29)24(27)30)22(28)18-12-16-5-3-4-6-17(16)33-18/h3-12,20-21H,1-2H3. The molecule has 2 aromatic carbocycles. The fourth-order valence-electron chi connectivity index (χ4n) is 4.18. The van der Waals surface area contributed by atoms with Crippen LogP contribution in [0.4, 0.5) is 5.82 Å². The van der Waals surface area contributed by atoms with Gasteiger partial charge in [-0.05, 0) is 36.8 Å². The van der Waals surface area contributed by atoms with Crippen molar-refractivity contribution in [2.75, 3.05) is 12.0 Å². The van der Waals surface area contributed by atoms with E-state index in [0.29, 0.717) is 22.3 Å². The Labute approximate surface area is 192 Å². The summed E-state index contributed by atoms with van der Waals surface area (Å²) in [6.45, 7) is 1.65. The molecule has 5 rings (SSSR count). The van der Waals surface area contributed by atoms with Crippen molar-refractivity contribution in [1.82, 2.24) is 5.16 Å². The van der Waals surface area contributed by atoms with E-state index in [9.17, 15) is 19.2 Å². The molecule has 2 unspecified atom stereocenters. The number of Topliss-reactive ketones (excluding diaryl/α,β-unsaturated/α-hetero) is 2. The lowest BCUT2D eigenvalue weighted by Crippen LogP contribution is -2.30. The highest BCUT2D eigenvalue weighted by Crippen LogP contribution is 2.41. The molecule has 2 aromatic heterocycles. The van der Waals surface area contributed by atoms with Gasteiger partial charge in [-0.2, -0.15) is 0 Å². The van der Waals surface area contributed by atoms with Crippen LogP contribution in [0.2, 0.25) is 0 Å². The van der Waals surface area contributed by atoms with Gasteiger partial charge >= 0.3 is 5.97 Å². The van der Waals surface area contributed by atoms with Gasteiger partial charge in [0.2, 0.25) is 11.6 Å². The zero-order valence-corrected chi connectivity index (χ0v) is 18.2. The number of carbonyl (C=O) groups excluding carboxylic acids is 4. The Bertz CT molecular complexity index is 1410. The first-order valence-corrected chi connectivity index (χ1v) is 10.4. The van der Waals surface area contributed by atoms with E-state index >= 15 is 0 Å². The molecule has 0 saturated carbocycles. The van der Waals surface area contributed by atoms with Gasteiger partial charge in [-0.3, -0.25) is 19.3 Å². The summed E-state index contributed by atoms with van der Waals surface area (Å²) in [6.07, 6.45) is 0. The molecule has 170 valence electrons. The normalized spacial score (nSPS) is 18.0. The van der Waals surface area contributed by atoms with Crippen LogP contribution in [-0.4, -0.2) is 35.7 Å². The molecular weight excluding hydrogens is 440 g/mol. The Morgan fingerprint density at radius 2 is 1.76 bits per heavy atom. The van der Waals surface area contributed by atoms with Crippen LogP contribution in [0.25, 0.3) is 11.0 Å². The number of anilines is 1. The number of ether oxygens (including phenoxy) is 1. The van der Waals surface area contributed by atoms with Crippen LogP contribution in [0, 0.1) is 12.8 Å². The fraction of sp³-hybridized carbons (Fsp3) is 0.160. The third kappa shape index (κ3) is 3.38. The first-order valence-electron chi connectivity index (χ1n) is 10.4. The molecule has 2 atom stereocenters. The number of hydrogen-bond acceptors (Lipinski definition) is 8. The number of hydrogen-bond donors (Lipinski definition) is 0. The van der Waals surface area contributed by atoms with E-state index in [2.05, 4.69) is 5.16 Å². The predicted octanol–water partition coefficient (Wildman–Crippen LogP) is 3.67. The molecule has 1 aliphatic rings. The van der Waals surface area contributed by atoms with Crippen molar-refractivity contribution in [2.24, 2.45) is 5.92 Å². The first-order chi connectivity index (χ1) is 16.4. The van der Waals surface area contributed by atoms with Crippen LogP contribution in [0.15, 0.2) is 69.6 Å².